The fourth-order valence-electron chi connectivity index (χ4n) is 3.13. The van der Waals surface area contributed by atoms with Crippen LogP contribution in [-0.4, -0.2) is 17.1 Å². The van der Waals surface area contributed by atoms with Crippen LogP contribution in [0.3, 0.4) is 0 Å². The Morgan fingerprint density at radius 2 is 1.95 bits per heavy atom. The van der Waals surface area contributed by atoms with Gasteiger partial charge in [0.2, 0.25) is 0 Å². The van der Waals surface area contributed by atoms with Gasteiger partial charge in [0, 0.05) is 6.04 Å². The minimum Gasteiger partial charge on any atom is -0.480 e. The van der Waals surface area contributed by atoms with Crippen LogP contribution in [0.25, 0.3) is 0 Å². The zero-order chi connectivity index (χ0) is 14.7. The lowest BCUT2D eigenvalue weighted by Crippen LogP contribution is -2.41. The van der Waals surface area contributed by atoms with E-state index in [4.69, 9.17) is 0 Å². The van der Waals surface area contributed by atoms with Crippen molar-refractivity contribution in [3.63, 3.8) is 0 Å². The van der Waals surface area contributed by atoms with Crippen LogP contribution in [0.4, 0.5) is 0 Å². The van der Waals surface area contributed by atoms with Gasteiger partial charge in [0.05, 0.1) is 0 Å². The number of fused-ring (bicyclic) bond motifs is 1. The Bertz CT molecular complexity index is 470. The van der Waals surface area contributed by atoms with Gasteiger partial charge in [0.25, 0.3) is 0 Å². The maximum atomic E-state index is 11.4. The van der Waals surface area contributed by atoms with Crippen molar-refractivity contribution < 1.29 is 9.90 Å². The molecular formula is C17H25NO2. The second-order valence-electron chi connectivity index (χ2n) is 6.35. The minimum atomic E-state index is -0.741. The van der Waals surface area contributed by atoms with E-state index in [1.165, 1.54) is 11.1 Å². The molecule has 0 heterocycles. The second-order valence-corrected chi connectivity index (χ2v) is 6.35. The molecule has 1 aromatic carbocycles. The molecule has 0 fully saturated rings. The summed E-state index contributed by atoms with van der Waals surface area (Å²) >= 11 is 0. The van der Waals surface area contributed by atoms with Crippen LogP contribution in [0.2, 0.25) is 0 Å². The van der Waals surface area contributed by atoms with E-state index >= 15 is 0 Å². The molecule has 3 atom stereocenters. The quantitative estimate of drug-likeness (QED) is 0.861. The molecule has 2 N–H and O–H groups in total. The lowest BCUT2D eigenvalue weighted by Gasteiger charge is -2.32. The lowest BCUT2D eigenvalue weighted by atomic mass is 9.80. The van der Waals surface area contributed by atoms with Crippen LogP contribution >= 0.6 is 0 Å². The number of benzene rings is 1. The van der Waals surface area contributed by atoms with Gasteiger partial charge in [0.1, 0.15) is 6.04 Å². The van der Waals surface area contributed by atoms with Crippen LogP contribution in [0.1, 0.15) is 63.1 Å². The van der Waals surface area contributed by atoms with Gasteiger partial charge < -0.3 is 5.11 Å². The molecule has 2 rings (SSSR count). The van der Waals surface area contributed by atoms with Crippen LogP contribution in [0.5, 0.6) is 0 Å². The highest BCUT2D eigenvalue weighted by Gasteiger charge is 2.28. The number of carboxylic acids is 1. The van der Waals surface area contributed by atoms with E-state index in [0.29, 0.717) is 18.3 Å². The van der Waals surface area contributed by atoms with Gasteiger partial charge in [-0.25, -0.2) is 0 Å². The van der Waals surface area contributed by atoms with Gasteiger partial charge >= 0.3 is 5.97 Å². The predicted molar refractivity (Wildman–Crippen MR) is 80.8 cm³/mol. The fourth-order valence-corrected chi connectivity index (χ4v) is 3.13. The normalized spacial score (nSPS) is 23.4. The number of nitrogens with one attached hydrogen (secondary N) is 1. The van der Waals surface area contributed by atoms with Crippen molar-refractivity contribution in [2.45, 2.75) is 58.0 Å². The lowest BCUT2D eigenvalue weighted by molar-refractivity contribution is -0.140. The van der Waals surface area contributed by atoms with E-state index in [1.807, 2.05) is 6.07 Å². The van der Waals surface area contributed by atoms with Gasteiger partial charge in [-0.15, -0.1) is 0 Å². The maximum Gasteiger partial charge on any atom is 0.320 e. The molecule has 0 aliphatic heterocycles. The topological polar surface area (TPSA) is 49.3 Å². The Morgan fingerprint density at radius 3 is 2.55 bits per heavy atom. The molecule has 110 valence electrons. The summed E-state index contributed by atoms with van der Waals surface area (Å²) in [6.07, 6.45) is 2.80. The number of hydrogen-bond donors (Lipinski definition) is 2. The first-order chi connectivity index (χ1) is 9.49. The molecule has 1 aromatic rings. The highest BCUT2D eigenvalue weighted by atomic mass is 16.4. The minimum absolute atomic E-state index is 0.169. The summed E-state index contributed by atoms with van der Waals surface area (Å²) < 4.78 is 0. The Hall–Kier alpha value is -1.35. The molecule has 0 aromatic heterocycles. The fraction of sp³-hybridized carbons (Fsp3) is 0.588. The first-order valence-corrected chi connectivity index (χ1v) is 7.56. The average molecular weight is 275 g/mol. The van der Waals surface area contributed by atoms with Gasteiger partial charge in [-0.3, -0.25) is 10.1 Å². The summed E-state index contributed by atoms with van der Waals surface area (Å²) in [5.74, 6) is 0.203. The first kappa shape index (κ1) is 15.0. The van der Waals surface area contributed by atoms with E-state index < -0.39 is 12.0 Å². The maximum absolute atomic E-state index is 11.4. The van der Waals surface area contributed by atoms with Crippen LogP contribution < -0.4 is 5.32 Å². The van der Waals surface area contributed by atoms with Crippen molar-refractivity contribution in [2.75, 3.05) is 0 Å². The van der Waals surface area contributed by atoms with Crippen molar-refractivity contribution in [2.24, 2.45) is 5.92 Å². The second kappa shape index (κ2) is 6.40. The molecule has 1 aliphatic carbocycles. The average Bonchev–Trinajstić information content (AvgIpc) is 2.40. The number of carbonyl (C=O) groups is 1. The highest BCUT2D eigenvalue weighted by Crippen LogP contribution is 2.37. The van der Waals surface area contributed by atoms with Crippen molar-refractivity contribution in [3.05, 3.63) is 35.4 Å². The van der Waals surface area contributed by atoms with E-state index in [0.717, 1.165) is 12.8 Å². The summed E-state index contributed by atoms with van der Waals surface area (Å²) in [5, 5.41) is 12.8. The molecule has 0 spiro atoms. The standard InChI is InChI=1S/C17H25NO2/c1-11(2)10-16(17(19)20)18-15-9-8-12(3)13-6-4-5-7-14(13)15/h4-7,11-12,15-16,18H,8-10H2,1-3H3,(H,19,20). The SMILES string of the molecule is CC(C)CC(NC1CCC(C)c2ccccc21)C(=O)O. The smallest absolute Gasteiger partial charge is 0.320 e. The molecule has 20 heavy (non-hydrogen) atoms. The van der Waals surface area contributed by atoms with Crippen molar-refractivity contribution >= 4 is 5.97 Å². The summed E-state index contributed by atoms with van der Waals surface area (Å²) in [5.41, 5.74) is 2.64. The predicted octanol–water partition coefficient (Wildman–Crippen LogP) is 3.71. The summed E-state index contributed by atoms with van der Waals surface area (Å²) in [6.45, 7) is 6.38. The first-order valence-electron chi connectivity index (χ1n) is 7.56. The molecule has 1 aliphatic rings. The van der Waals surface area contributed by atoms with E-state index in [2.05, 4.69) is 44.3 Å². The van der Waals surface area contributed by atoms with Crippen LogP contribution in [-0.2, 0) is 4.79 Å². The van der Waals surface area contributed by atoms with Crippen molar-refractivity contribution in [1.29, 1.82) is 0 Å². The molecule has 3 nitrogen and oxygen atoms in total. The Morgan fingerprint density at radius 1 is 1.30 bits per heavy atom. The summed E-state index contributed by atoms with van der Waals surface area (Å²) in [4.78, 5) is 11.4. The molecule has 0 amide bonds. The van der Waals surface area contributed by atoms with Crippen molar-refractivity contribution in [3.8, 4) is 0 Å². The molecule has 0 bridgehead atoms. The Kier molecular flexibility index (Phi) is 4.81. The number of rotatable bonds is 5. The van der Waals surface area contributed by atoms with Crippen molar-refractivity contribution in [1.82, 2.24) is 5.32 Å². The van der Waals surface area contributed by atoms with E-state index in [-0.39, 0.29) is 6.04 Å². The number of hydrogen-bond acceptors (Lipinski definition) is 2. The number of aliphatic carboxylic acids is 1. The van der Waals surface area contributed by atoms with Gasteiger partial charge in [0.15, 0.2) is 0 Å². The highest BCUT2D eigenvalue weighted by molar-refractivity contribution is 5.73. The van der Waals surface area contributed by atoms with Gasteiger partial charge in [-0.2, -0.15) is 0 Å². The zero-order valence-corrected chi connectivity index (χ0v) is 12.6. The van der Waals surface area contributed by atoms with Gasteiger partial charge in [-0.1, -0.05) is 45.0 Å². The van der Waals surface area contributed by atoms with Gasteiger partial charge in [-0.05, 0) is 42.2 Å². The monoisotopic (exact) mass is 275 g/mol. The third-order valence-electron chi connectivity index (χ3n) is 4.20. The van der Waals surface area contributed by atoms with E-state index in [1.54, 1.807) is 0 Å². The largest absolute Gasteiger partial charge is 0.480 e. The summed E-state index contributed by atoms with van der Waals surface area (Å²) in [6, 6.07) is 8.14. The van der Waals surface area contributed by atoms with Crippen LogP contribution in [0.15, 0.2) is 24.3 Å². The molecule has 3 heteroatoms. The third kappa shape index (κ3) is 3.40. The molecule has 0 saturated heterocycles. The Balaban J connectivity index is 2.17. The van der Waals surface area contributed by atoms with Crippen LogP contribution in [0, 0.1) is 5.92 Å². The Labute approximate surface area is 121 Å². The van der Waals surface area contributed by atoms with E-state index in [9.17, 15) is 9.90 Å². The number of carboxylic acid groups (broad SMARTS) is 1. The molecule has 0 saturated carbocycles. The molecular weight excluding hydrogens is 250 g/mol. The molecule has 3 unspecified atom stereocenters. The molecule has 0 radical (unpaired) electrons. The zero-order valence-electron chi connectivity index (χ0n) is 12.6. The summed E-state index contributed by atoms with van der Waals surface area (Å²) in [7, 11) is 0. The third-order valence-corrected chi connectivity index (χ3v) is 4.20.